The van der Waals surface area contributed by atoms with Crippen molar-refractivity contribution in [2.24, 2.45) is 0 Å². The molecule has 0 saturated carbocycles. The van der Waals surface area contributed by atoms with Crippen molar-refractivity contribution in [2.75, 3.05) is 10.8 Å². The molecule has 0 aliphatic carbocycles. The Morgan fingerprint density at radius 3 is 2.42 bits per heavy atom. The van der Waals surface area contributed by atoms with Gasteiger partial charge in [-0.25, -0.2) is 8.42 Å². The van der Waals surface area contributed by atoms with Gasteiger partial charge >= 0.3 is 0 Å². The summed E-state index contributed by atoms with van der Waals surface area (Å²) in [5, 5.41) is 3.94. The number of anilines is 1. The van der Waals surface area contributed by atoms with Gasteiger partial charge in [-0.05, 0) is 37.6 Å². The number of hydrogen-bond donors (Lipinski definition) is 0. The van der Waals surface area contributed by atoms with Crippen LogP contribution in [0.5, 0.6) is 0 Å². The van der Waals surface area contributed by atoms with E-state index >= 15 is 0 Å². The van der Waals surface area contributed by atoms with Crippen LogP contribution in [0.2, 0.25) is 0 Å². The number of aromatic nitrogens is 2. The molecular weight excluding hydrogens is 350 g/mol. The van der Waals surface area contributed by atoms with E-state index in [2.05, 4.69) is 10.1 Å². The van der Waals surface area contributed by atoms with Gasteiger partial charge in [0, 0.05) is 18.5 Å². The van der Waals surface area contributed by atoms with Crippen LogP contribution in [0.1, 0.15) is 25.3 Å². The lowest BCUT2D eigenvalue weighted by Gasteiger charge is -2.24. The molecule has 0 spiro atoms. The van der Waals surface area contributed by atoms with Crippen molar-refractivity contribution in [3.8, 4) is 11.4 Å². The van der Waals surface area contributed by atoms with E-state index in [4.69, 9.17) is 4.52 Å². The second-order valence-electron chi connectivity index (χ2n) is 5.85. The number of para-hydroxylation sites is 1. The van der Waals surface area contributed by atoms with Gasteiger partial charge in [-0.2, -0.15) is 4.98 Å². The maximum atomic E-state index is 13.3. The Kier molecular flexibility index (Phi) is 5.08. The Hall–Kier alpha value is -2.67. The Balaban J connectivity index is 2.08. The maximum absolute atomic E-state index is 13.3. The van der Waals surface area contributed by atoms with Gasteiger partial charge in [0.1, 0.15) is 0 Å². The molecule has 0 atom stereocenters. The van der Waals surface area contributed by atoms with Gasteiger partial charge in [-0.3, -0.25) is 4.31 Å². The second-order valence-corrected chi connectivity index (χ2v) is 7.68. The first-order valence-corrected chi connectivity index (χ1v) is 9.92. The largest absolute Gasteiger partial charge is 0.339 e. The number of nitrogens with zero attached hydrogens (tertiary/aromatic N) is 3. The van der Waals surface area contributed by atoms with Crippen molar-refractivity contribution in [1.82, 2.24) is 10.1 Å². The zero-order chi connectivity index (χ0) is 18.7. The lowest BCUT2D eigenvalue weighted by atomic mass is 10.1. The molecule has 1 heterocycles. The topological polar surface area (TPSA) is 76.3 Å². The minimum atomic E-state index is -3.72. The lowest BCUT2D eigenvalue weighted by Crippen LogP contribution is -2.31. The Morgan fingerprint density at radius 1 is 1.08 bits per heavy atom. The molecule has 0 saturated heterocycles. The monoisotopic (exact) mass is 371 g/mol. The highest BCUT2D eigenvalue weighted by atomic mass is 32.2. The third-order valence-corrected chi connectivity index (χ3v) is 6.16. The van der Waals surface area contributed by atoms with E-state index in [0.29, 0.717) is 41.5 Å². The summed E-state index contributed by atoms with van der Waals surface area (Å²) in [6, 6.07) is 14.3. The van der Waals surface area contributed by atoms with Gasteiger partial charge in [0.2, 0.25) is 11.7 Å². The van der Waals surface area contributed by atoms with Gasteiger partial charge in [0.15, 0.2) is 0 Å². The molecule has 0 fully saturated rings. The fourth-order valence-electron chi connectivity index (χ4n) is 2.74. The summed E-state index contributed by atoms with van der Waals surface area (Å²) in [7, 11) is -3.72. The number of sulfonamides is 1. The quantitative estimate of drug-likeness (QED) is 0.658. The Morgan fingerprint density at radius 2 is 1.81 bits per heavy atom. The maximum Gasteiger partial charge on any atom is 0.264 e. The van der Waals surface area contributed by atoms with Crippen molar-refractivity contribution in [2.45, 2.75) is 32.1 Å². The van der Waals surface area contributed by atoms with Gasteiger partial charge in [0.05, 0.1) is 10.6 Å². The number of rotatable bonds is 6. The van der Waals surface area contributed by atoms with Crippen LogP contribution in [0.15, 0.2) is 57.9 Å². The van der Waals surface area contributed by atoms with Crippen LogP contribution >= 0.6 is 0 Å². The molecule has 0 bridgehead atoms. The highest BCUT2D eigenvalue weighted by molar-refractivity contribution is 7.92. The molecule has 0 radical (unpaired) electrons. The summed E-state index contributed by atoms with van der Waals surface area (Å²) < 4.78 is 33.1. The summed E-state index contributed by atoms with van der Waals surface area (Å²) in [4.78, 5) is 4.53. The zero-order valence-corrected chi connectivity index (χ0v) is 15.8. The van der Waals surface area contributed by atoms with E-state index in [9.17, 15) is 8.42 Å². The molecule has 0 amide bonds. The first-order chi connectivity index (χ1) is 12.5. The second kappa shape index (κ2) is 7.29. The normalized spacial score (nSPS) is 11.5. The Bertz CT molecular complexity index is 998. The average Bonchev–Trinajstić information content (AvgIpc) is 3.12. The van der Waals surface area contributed by atoms with E-state index in [-0.39, 0.29) is 4.90 Å². The predicted octanol–water partition coefficient (Wildman–Crippen LogP) is 3.82. The minimum absolute atomic E-state index is 0.239. The minimum Gasteiger partial charge on any atom is -0.339 e. The smallest absolute Gasteiger partial charge is 0.264 e. The molecule has 136 valence electrons. The first kappa shape index (κ1) is 18.1. The standard InChI is InChI=1S/C19H21N3O3S/c1-4-18-20-19(21-25-18)15-12-11-14(3)17(13-15)26(23,24)22(5-2)16-9-7-6-8-10-16/h6-13H,4-5H2,1-3H3. The van der Waals surface area contributed by atoms with Crippen LogP contribution in [-0.2, 0) is 16.4 Å². The average molecular weight is 371 g/mol. The molecule has 6 nitrogen and oxygen atoms in total. The molecule has 7 heteroatoms. The van der Waals surface area contributed by atoms with Crippen molar-refractivity contribution >= 4 is 15.7 Å². The number of hydrogen-bond acceptors (Lipinski definition) is 5. The van der Waals surface area contributed by atoms with Gasteiger partial charge in [0.25, 0.3) is 10.0 Å². The van der Waals surface area contributed by atoms with Crippen LogP contribution in [0.25, 0.3) is 11.4 Å². The summed E-state index contributed by atoms with van der Waals surface area (Å²) in [5.41, 5.74) is 1.91. The van der Waals surface area contributed by atoms with E-state index in [1.165, 1.54) is 4.31 Å². The highest BCUT2D eigenvalue weighted by Gasteiger charge is 2.26. The zero-order valence-electron chi connectivity index (χ0n) is 15.0. The first-order valence-electron chi connectivity index (χ1n) is 8.48. The summed E-state index contributed by atoms with van der Waals surface area (Å²) in [5.74, 6) is 0.908. The van der Waals surface area contributed by atoms with Crippen LogP contribution in [-0.4, -0.2) is 25.1 Å². The van der Waals surface area contributed by atoms with E-state index < -0.39 is 10.0 Å². The van der Waals surface area contributed by atoms with Crippen LogP contribution in [0, 0.1) is 6.92 Å². The molecule has 2 aromatic carbocycles. The van der Waals surface area contributed by atoms with E-state index in [0.717, 1.165) is 0 Å². The van der Waals surface area contributed by atoms with Crippen LogP contribution in [0.3, 0.4) is 0 Å². The van der Waals surface area contributed by atoms with Crippen molar-refractivity contribution < 1.29 is 12.9 Å². The van der Waals surface area contributed by atoms with Crippen molar-refractivity contribution in [3.05, 3.63) is 60.0 Å². The lowest BCUT2D eigenvalue weighted by molar-refractivity contribution is 0.383. The molecular formula is C19H21N3O3S. The molecule has 3 aromatic rings. The summed E-state index contributed by atoms with van der Waals surface area (Å²) >= 11 is 0. The van der Waals surface area contributed by atoms with Gasteiger partial charge < -0.3 is 4.52 Å². The SMILES string of the molecule is CCc1nc(-c2ccc(C)c(S(=O)(=O)N(CC)c3ccccc3)c2)no1. The molecule has 1 aromatic heterocycles. The molecule has 0 N–H and O–H groups in total. The highest BCUT2D eigenvalue weighted by Crippen LogP contribution is 2.28. The predicted molar refractivity (Wildman–Crippen MR) is 100 cm³/mol. The summed E-state index contributed by atoms with van der Waals surface area (Å²) in [6.07, 6.45) is 0.627. The third-order valence-electron chi connectivity index (χ3n) is 4.12. The number of aryl methyl sites for hydroxylation is 2. The molecule has 26 heavy (non-hydrogen) atoms. The third kappa shape index (κ3) is 3.35. The molecule has 0 aliphatic rings. The Labute approximate surface area is 153 Å². The van der Waals surface area contributed by atoms with Crippen molar-refractivity contribution in [1.29, 1.82) is 0 Å². The van der Waals surface area contributed by atoms with E-state index in [1.807, 2.05) is 32.0 Å². The van der Waals surface area contributed by atoms with Gasteiger partial charge in [-0.1, -0.05) is 42.4 Å². The summed E-state index contributed by atoms with van der Waals surface area (Å²) in [6.45, 7) is 5.85. The fraction of sp³-hybridized carbons (Fsp3) is 0.263. The number of benzene rings is 2. The van der Waals surface area contributed by atoms with Crippen LogP contribution in [0.4, 0.5) is 5.69 Å². The molecule has 0 aliphatic heterocycles. The van der Waals surface area contributed by atoms with Gasteiger partial charge in [-0.15, -0.1) is 0 Å². The molecule has 3 rings (SSSR count). The fourth-order valence-corrected chi connectivity index (χ4v) is 4.46. The van der Waals surface area contributed by atoms with Crippen LogP contribution < -0.4 is 4.31 Å². The van der Waals surface area contributed by atoms with Crippen molar-refractivity contribution in [3.63, 3.8) is 0 Å². The van der Waals surface area contributed by atoms with E-state index in [1.54, 1.807) is 37.3 Å². The molecule has 0 unspecified atom stereocenters.